The van der Waals surface area contributed by atoms with Crippen LogP contribution in [0, 0.1) is 0 Å². The van der Waals surface area contributed by atoms with Gasteiger partial charge in [0.25, 0.3) is 5.91 Å². The highest BCUT2D eigenvalue weighted by atomic mass is 32.2. The molecule has 0 saturated carbocycles. The Balaban J connectivity index is 1.68. The number of amides is 2. The summed E-state index contributed by atoms with van der Waals surface area (Å²) in [6.07, 6.45) is 1.53. The van der Waals surface area contributed by atoms with Crippen LogP contribution in [0.25, 0.3) is 5.57 Å². The molecule has 0 radical (unpaired) electrons. The van der Waals surface area contributed by atoms with E-state index in [1.54, 1.807) is 61.2 Å². The van der Waals surface area contributed by atoms with Gasteiger partial charge < -0.3 is 18.7 Å². The fourth-order valence-electron chi connectivity index (χ4n) is 5.60. The van der Waals surface area contributed by atoms with Crippen molar-refractivity contribution < 1.29 is 40.1 Å². The summed E-state index contributed by atoms with van der Waals surface area (Å²) in [5, 5.41) is 0. The van der Waals surface area contributed by atoms with Crippen LogP contribution >= 0.6 is 0 Å². The van der Waals surface area contributed by atoms with E-state index >= 15 is 0 Å². The molecule has 0 aromatic heterocycles. The molecule has 4 aromatic carbocycles. The molecule has 250 valence electrons. The SMILES string of the molecule is COC/C=C(\C(=O)N(Cc1ccccc1)c1ccccc1OS(=O)(=O)C(F)(F)F)c1cccc2c1N(Cc1ccccc1)C(=O)C2(C)C. The Morgan fingerprint density at radius 1 is 0.875 bits per heavy atom. The molecule has 1 heterocycles. The van der Waals surface area contributed by atoms with Gasteiger partial charge in [0.15, 0.2) is 5.75 Å². The summed E-state index contributed by atoms with van der Waals surface area (Å²) in [5.41, 5.74) is -3.72. The fraction of sp³-hybridized carbons (Fsp3) is 0.222. The molecule has 0 atom stereocenters. The lowest BCUT2D eigenvalue weighted by molar-refractivity contribution is -0.122. The molecule has 1 aliphatic heterocycles. The van der Waals surface area contributed by atoms with Crippen molar-refractivity contribution in [2.45, 2.75) is 37.9 Å². The van der Waals surface area contributed by atoms with Gasteiger partial charge in [0, 0.05) is 18.2 Å². The highest BCUT2D eigenvalue weighted by molar-refractivity contribution is 7.88. The maximum Gasteiger partial charge on any atom is 0.534 e. The van der Waals surface area contributed by atoms with Crippen LogP contribution in [0.15, 0.2) is 109 Å². The number of methoxy groups -OCH3 is 1. The topological polar surface area (TPSA) is 93.2 Å². The van der Waals surface area contributed by atoms with Crippen molar-refractivity contribution in [3.63, 3.8) is 0 Å². The van der Waals surface area contributed by atoms with Crippen LogP contribution in [0.2, 0.25) is 0 Å². The van der Waals surface area contributed by atoms with Gasteiger partial charge in [-0.15, -0.1) is 0 Å². The van der Waals surface area contributed by atoms with Crippen LogP contribution in [0.3, 0.4) is 0 Å². The first-order chi connectivity index (χ1) is 22.8. The number of hydrogen-bond donors (Lipinski definition) is 0. The van der Waals surface area contributed by atoms with Crippen LogP contribution in [0.5, 0.6) is 5.75 Å². The van der Waals surface area contributed by atoms with Crippen molar-refractivity contribution in [3.8, 4) is 5.75 Å². The fourth-order valence-corrected chi connectivity index (χ4v) is 6.07. The Bertz CT molecular complexity index is 1950. The van der Waals surface area contributed by atoms with Crippen molar-refractivity contribution in [2.24, 2.45) is 0 Å². The molecule has 0 spiro atoms. The maximum absolute atomic E-state index is 14.8. The molecule has 0 bridgehead atoms. The minimum Gasteiger partial charge on any atom is -0.381 e. The lowest BCUT2D eigenvalue weighted by Gasteiger charge is -2.28. The van der Waals surface area contributed by atoms with Gasteiger partial charge in [0.1, 0.15) is 0 Å². The molecule has 0 N–H and O–H groups in total. The smallest absolute Gasteiger partial charge is 0.381 e. The number of nitrogens with zero attached hydrogens (tertiary/aromatic N) is 2. The largest absolute Gasteiger partial charge is 0.534 e. The van der Waals surface area contributed by atoms with E-state index in [-0.39, 0.29) is 36.9 Å². The molecule has 4 aromatic rings. The molecule has 0 saturated heterocycles. The summed E-state index contributed by atoms with van der Waals surface area (Å²) in [5.74, 6) is -1.56. The highest BCUT2D eigenvalue weighted by Crippen LogP contribution is 2.47. The number of ether oxygens (including phenoxy) is 1. The van der Waals surface area contributed by atoms with Crippen molar-refractivity contribution in [2.75, 3.05) is 23.5 Å². The number of anilines is 2. The van der Waals surface area contributed by atoms with Crippen LogP contribution in [-0.2, 0) is 42.9 Å². The van der Waals surface area contributed by atoms with E-state index in [1.807, 2.05) is 36.4 Å². The molecule has 5 rings (SSSR count). The van der Waals surface area contributed by atoms with E-state index in [2.05, 4.69) is 4.18 Å². The minimum absolute atomic E-state index is 0.0272. The first-order valence-corrected chi connectivity index (χ1v) is 16.3. The summed E-state index contributed by atoms with van der Waals surface area (Å²) < 4.78 is 74.4. The molecule has 12 heteroatoms. The van der Waals surface area contributed by atoms with Gasteiger partial charge in [-0.25, -0.2) is 0 Å². The molecule has 1 aliphatic rings. The summed E-state index contributed by atoms with van der Waals surface area (Å²) in [4.78, 5) is 31.6. The molecular formula is C36H33F3N2O6S. The van der Waals surface area contributed by atoms with Gasteiger partial charge >= 0.3 is 15.6 Å². The molecule has 0 fully saturated rings. The van der Waals surface area contributed by atoms with Gasteiger partial charge in [0.05, 0.1) is 36.5 Å². The summed E-state index contributed by atoms with van der Waals surface area (Å²) in [7, 11) is -4.63. The molecule has 2 amide bonds. The Hall–Kier alpha value is -4.94. The number of carbonyl (C=O) groups is 2. The number of fused-ring (bicyclic) bond motifs is 1. The summed E-state index contributed by atoms with van der Waals surface area (Å²) >= 11 is 0. The normalized spacial score (nSPS) is 14.5. The van der Waals surface area contributed by atoms with E-state index < -0.39 is 32.7 Å². The standard InChI is InChI=1S/C36H33F3N2O6S/c1-35(2)29-18-12-17-27(32(29)41(34(35)43)24-26-15-8-5-9-16-26)28(21-22-46-3)33(42)40(23-25-13-6-4-7-14-25)30-19-10-11-20-31(30)47-48(44,45)36(37,38)39/h4-21H,22-24H2,1-3H3/b28-21-. The molecular weight excluding hydrogens is 645 g/mol. The molecule has 0 unspecified atom stereocenters. The Morgan fingerprint density at radius 2 is 1.48 bits per heavy atom. The monoisotopic (exact) mass is 678 g/mol. The third-order valence-corrected chi connectivity index (χ3v) is 8.95. The Labute approximate surface area is 277 Å². The lowest BCUT2D eigenvalue weighted by Crippen LogP contribution is -2.36. The zero-order chi connectivity index (χ0) is 34.7. The molecule has 8 nitrogen and oxygen atoms in total. The average molecular weight is 679 g/mol. The number of benzene rings is 4. The van der Waals surface area contributed by atoms with Crippen LogP contribution in [0.4, 0.5) is 24.5 Å². The first-order valence-electron chi connectivity index (χ1n) is 14.9. The number of alkyl halides is 3. The second-order valence-corrected chi connectivity index (χ2v) is 13.1. The van der Waals surface area contributed by atoms with Crippen molar-refractivity contribution >= 4 is 38.9 Å². The van der Waals surface area contributed by atoms with E-state index in [0.717, 1.165) is 16.5 Å². The number of rotatable bonds is 11. The van der Waals surface area contributed by atoms with E-state index in [0.29, 0.717) is 22.4 Å². The van der Waals surface area contributed by atoms with Gasteiger partial charge in [-0.1, -0.05) is 91.0 Å². The van der Waals surface area contributed by atoms with Crippen LogP contribution in [0.1, 0.15) is 36.1 Å². The minimum atomic E-state index is -6.07. The van der Waals surface area contributed by atoms with Crippen LogP contribution < -0.4 is 14.0 Å². The molecule has 48 heavy (non-hydrogen) atoms. The second kappa shape index (κ2) is 13.7. The zero-order valence-corrected chi connectivity index (χ0v) is 27.2. The molecule has 0 aliphatic carbocycles. The van der Waals surface area contributed by atoms with Gasteiger partial charge in [-0.2, -0.15) is 21.6 Å². The third-order valence-electron chi connectivity index (χ3n) is 7.98. The van der Waals surface area contributed by atoms with E-state index in [4.69, 9.17) is 4.74 Å². The average Bonchev–Trinajstić information content (AvgIpc) is 3.25. The lowest BCUT2D eigenvalue weighted by atomic mass is 9.84. The van der Waals surface area contributed by atoms with Crippen molar-refractivity contribution in [1.82, 2.24) is 0 Å². The number of halogens is 3. The number of hydrogen-bond acceptors (Lipinski definition) is 6. The maximum atomic E-state index is 14.8. The van der Waals surface area contributed by atoms with Gasteiger partial charge in [-0.3, -0.25) is 9.59 Å². The predicted octanol–water partition coefficient (Wildman–Crippen LogP) is 7.00. The Kier molecular flexibility index (Phi) is 9.79. The van der Waals surface area contributed by atoms with Crippen molar-refractivity contribution in [1.29, 1.82) is 0 Å². The quantitative estimate of drug-likeness (QED) is 0.0964. The summed E-state index contributed by atoms with van der Waals surface area (Å²) in [6, 6.07) is 28.4. The summed E-state index contributed by atoms with van der Waals surface area (Å²) in [6.45, 7) is 3.64. The van der Waals surface area contributed by atoms with E-state index in [9.17, 15) is 31.2 Å². The highest BCUT2D eigenvalue weighted by Gasteiger charge is 2.49. The number of para-hydroxylation sites is 3. The Morgan fingerprint density at radius 3 is 2.10 bits per heavy atom. The predicted molar refractivity (Wildman–Crippen MR) is 177 cm³/mol. The zero-order valence-electron chi connectivity index (χ0n) is 26.4. The van der Waals surface area contributed by atoms with Crippen molar-refractivity contribution in [3.05, 3.63) is 131 Å². The first kappa shape index (κ1) is 34.4. The third kappa shape index (κ3) is 6.85. The second-order valence-electron chi connectivity index (χ2n) is 11.6. The van der Waals surface area contributed by atoms with Crippen LogP contribution in [-0.4, -0.2) is 39.5 Å². The van der Waals surface area contributed by atoms with Gasteiger partial charge in [0.2, 0.25) is 5.91 Å². The number of carbonyl (C=O) groups excluding carboxylic acids is 2. The van der Waals surface area contributed by atoms with Gasteiger partial charge in [-0.05, 0) is 48.7 Å². The van der Waals surface area contributed by atoms with E-state index in [1.165, 1.54) is 31.4 Å².